The molecule has 274 valence electrons. The molecule has 0 aliphatic rings. The van der Waals surface area contributed by atoms with Crippen LogP contribution in [0.2, 0.25) is 0 Å². The van der Waals surface area contributed by atoms with Gasteiger partial charge in [-0.3, -0.25) is 5.41 Å². The maximum atomic E-state index is 7.91. The molecule has 0 aliphatic heterocycles. The van der Waals surface area contributed by atoms with Crippen molar-refractivity contribution in [3.63, 3.8) is 0 Å². The van der Waals surface area contributed by atoms with Crippen LogP contribution in [0.1, 0.15) is 225 Å². The van der Waals surface area contributed by atoms with Crippen molar-refractivity contribution in [1.29, 1.82) is 5.41 Å². The van der Waals surface area contributed by atoms with E-state index in [4.69, 9.17) is 20.6 Å². The van der Waals surface area contributed by atoms with Gasteiger partial charge in [0.05, 0.1) is 13.2 Å². The van der Waals surface area contributed by atoms with E-state index < -0.39 is 0 Å². The lowest BCUT2D eigenvalue weighted by Gasteiger charge is -2.12. The number of ether oxygens (including phenoxy) is 2. The molecule has 3 N–H and O–H groups in total. The summed E-state index contributed by atoms with van der Waals surface area (Å²) in [5.41, 5.74) is 6.49. The van der Waals surface area contributed by atoms with Crippen LogP contribution in [-0.4, -0.2) is 19.0 Å². The van der Waals surface area contributed by atoms with Gasteiger partial charge in [0, 0.05) is 11.6 Å². The first kappa shape index (κ1) is 43.3. The highest BCUT2D eigenvalue weighted by Crippen LogP contribution is 2.24. The van der Waals surface area contributed by atoms with Gasteiger partial charge in [0.1, 0.15) is 17.3 Å². The van der Waals surface area contributed by atoms with Gasteiger partial charge in [0.2, 0.25) is 0 Å². The second-order valence-corrected chi connectivity index (χ2v) is 14.4. The van der Waals surface area contributed by atoms with Crippen LogP contribution in [0.4, 0.5) is 0 Å². The van der Waals surface area contributed by atoms with Crippen LogP contribution in [-0.2, 0) is 0 Å². The van der Waals surface area contributed by atoms with E-state index in [1.807, 2.05) is 18.2 Å². The van der Waals surface area contributed by atoms with Gasteiger partial charge in [0.15, 0.2) is 0 Å². The second kappa shape index (κ2) is 34.2. The van der Waals surface area contributed by atoms with Crippen LogP contribution in [0.5, 0.6) is 11.5 Å². The van der Waals surface area contributed by atoms with Gasteiger partial charge >= 0.3 is 0 Å². The Labute approximate surface area is 293 Å². The van der Waals surface area contributed by atoms with Crippen molar-refractivity contribution in [3.05, 3.63) is 23.8 Å². The minimum absolute atomic E-state index is 0.0603. The minimum atomic E-state index is 0.0603. The SMILES string of the molecule is CCCCCCCCCCCCCCCCCCOc1cc(OCCCCCCCCCCCCCCCCCC)cc(C(=N)N)c1. The summed E-state index contributed by atoms with van der Waals surface area (Å²) in [7, 11) is 0. The van der Waals surface area contributed by atoms with E-state index in [1.54, 1.807) is 0 Å². The van der Waals surface area contributed by atoms with Crippen LogP contribution in [0.3, 0.4) is 0 Å². The lowest BCUT2D eigenvalue weighted by atomic mass is 10.0. The minimum Gasteiger partial charge on any atom is -0.493 e. The Hall–Kier alpha value is -1.71. The lowest BCUT2D eigenvalue weighted by Crippen LogP contribution is -2.12. The van der Waals surface area contributed by atoms with Crippen molar-refractivity contribution < 1.29 is 9.47 Å². The van der Waals surface area contributed by atoms with E-state index in [0.29, 0.717) is 18.8 Å². The van der Waals surface area contributed by atoms with Crippen LogP contribution in [0, 0.1) is 5.41 Å². The highest BCUT2D eigenvalue weighted by Gasteiger charge is 2.06. The molecule has 4 nitrogen and oxygen atoms in total. The molecule has 1 rings (SSSR count). The Bertz CT molecular complexity index is 755. The molecule has 4 heteroatoms. The Morgan fingerprint density at radius 1 is 0.404 bits per heavy atom. The van der Waals surface area contributed by atoms with Crippen LogP contribution >= 0.6 is 0 Å². The van der Waals surface area contributed by atoms with E-state index in [9.17, 15) is 0 Å². The molecule has 0 fully saturated rings. The summed E-state index contributed by atoms with van der Waals surface area (Å²) in [6, 6.07) is 5.71. The first-order valence-corrected chi connectivity index (χ1v) is 20.9. The maximum absolute atomic E-state index is 7.91. The number of nitrogen functional groups attached to an aromatic ring is 1. The van der Waals surface area contributed by atoms with Crippen molar-refractivity contribution in [2.24, 2.45) is 5.73 Å². The van der Waals surface area contributed by atoms with Crippen molar-refractivity contribution in [1.82, 2.24) is 0 Å². The molecule has 1 aromatic rings. The van der Waals surface area contributed by atoms with Crippen LogP contribution < -0.4 is 15.2 Å². The first-order chi connectivity index (χ1) is 23.2. The highest BCUT2D eigenvalue weighted by molar-refractivity contribution is 5.95. The average molecular weight is 657 g/mol. The molecule has 0 radical (unpaired) electrons. The predicted octanol–water partition coefficient (Wildman–Crippen LogP) is 14.3. The Balaban J connectivity index is 2.01. The fourth-order valence-corrected chi connectivity index (χ4v) is 6.57. The predicted molar refractivity (Wildman–Crippen MR) is 208 cm³/mol. The van der Waals surface area contributed by atoms with Crippen molar-refractivity contribution in [2.45, 2.75) is 219 Å². The summed E-state index contributed by atoms with van der Waals surface area (Å²) in [5.74, 6) is 1.59. The molecule has 0 spiro atoms. The molecule has 0 saturated carbocycles. The molecule has 0 unspecified atom stereocenters. The Kier molecular flexibility index (Phi) is 31.5. The summed E-state index contributed by atoms with van der Waals surface area (Å²) in [6.45, 7) is 6.00. The monoisotopic (exact) mass is 657 g/mol. The topological polar surface area (TPSA) is 68.3 Å². The number of hydrogen-bond acceptors (Lipinski definition) is 3. The normalized spacial score (nSPS) is 11.3. The van der Waals surface area contributed by atoms with E-state index in [1.165, 1.54) is 193 Å². The molecule has 0 heterocycles. The number of nitrogens with two attached hydrogens (primary N) is 1. The third-order valence-electron chi connectivity index (χ3n) is 9.72. The van der Waals surface area contributed by atoms with Crippen LogP contribution in [0.25, 0.3) is 0 Å². The summed E-state index contributed by atoms with van der Waals surface area (Å²) in [4.78, 5) is 0. The van der Waals surface area contributed by atoms with E-state index in [-0.39, 0.29) is 5.84 Å². The fraction of sp³-hybridized carbons (Fsp3) is 0.837. The number of hydrogen-bond donors (Lipinski definition) is 2. The molecule has 0 saturated heterocycles. The smallest absolute Gasteiger partial charge is 0.123 e. The lowest BCUT2D eigenvalue weighted by molar-refractivity contribution is 0.289. The number of rotatable bonds is 37. The Morgan fingerprint density at radius 3 is 0.872 bits per heavy atom. The third kappa shape index (κ3) is 29.0. The number of amidine groups is 1. The largest absolute Gasteiger partial charge is 0.493 e. The molecule has 1 aromatic carbocycles. The van der Waals surface area contributed by atoms with Gasteiger partial charge < -0.3 is 15.2 Å². The number of benzene rings is 1. The molecule has 0 aromatic heterocycles. The number of nitrogens with one attached hydrogen (secondary N) is 1. The van der Waals surface area contributed by atoms with Gasteiger partial charge in [0.25, 0.3) is 0 Å². The molecule has 0 amide bonds. The van der Waals surface area contributed by atoms with E-state index in [0.717, 1.165) is 24.3 Å². The quantitative estimate of drug-likeness (QED) is 0.0425. The summed E-state index contributed by atoms with van der Waals surface area (Å²) >= 11 is 0. The molecule has 0 aliphatic carbocycles. The summed E-state index contributed by atoms with van der Waals surface area (Å²) in [6.07, 6.45) is 43.9. The second-order valence-electron chi connectivity index (χ2n) is 14.4. The van der Waals surface area contributed by atoms with Gasteiger partial charge in [-0.05, 0) is 25.0 Å². The third-order valence-corrected chi connectivity index (χ3v) is 9.72. The average Bonchev–Trinajstić information content (AvgIpc) is 3.07. The maximum Gasteiger partial charge on any atom is 0.123 e. The number of unbranched alkanes of at least 4 members (excludes halogenated alkanes) is 30. The summed E-state index contributed by atoms with van der Waals surface area (Å²) < 4.78 is 12.1. The van der Waals surface area contributed by atoms with Crippen molar-refractivity contribution in [3.8, 4) is 11.5 Å². The van der Waals surface area contributed by atoms with E-state index in [2.05, 4.69) is 13.8 Å². The van der Waals surface area contributed by atoms with Gasteiger partial charge in [-0.15, -0.1) is 0 Å². The van der Waals surface area contributed by atoms with Gasteiger partial charge in [-0.25, -0.2) is 0 Å². The zero-order chi connectivity index (χ0) is 33.9. The molecular formula is C43H80N2O2. The standard InChI is InChI=1S/C43H80N2O2/c1-3-5-7-9-11-13-15-17-19-21-23-25-27-29-31-33-35-46-41-37-40(43(44)45)38-42(39-41)47-36-34-32-30-28-26-24-22-20-18-16-14-12-10-8-6-4-2/h37-39H,3-36H2,1-2H3,(H3,44,45). The Morgan fingerprint density at radius 2 is 0.638 bits per heavy atom. The summed E-state index contributed by atoms with van der Waals surface area (Å²) in [5, 5.41) is 7.91. The van der Waals surface area contributed by atoms with Gasteiger partial charge in [-0.2, -0.15) is 0 Å². The zero-order valence-electron chi connectivity index (χ0n) is 31.7. The zero-order valence-corrected chi connectivity index (χ0v) is 31.7. The highest BCUT2D eigenvalue weighted by atomic mass is 16.5. The van der Waals surface area contributed by atoms with Crippen molar-refractivity contribution in [2.75, 3.05) is 13.2 Å². The van der Waals surface area contributed by atoms with Crippen LogP contribution in [0.15, 0.2) is 18.2 Å². The van der Waals surface area contributed by atoms with Gasteiger partial charge in [-0.1, -0.05) is 206 Å². The molecule has 47 heavy (non-hydrogen) atoms. The molecule has 0 atom stereocenters. The fourth-order valence-electron chi connectivity index (χ4n) is 6.57. The van der Waals surface area contributed by atoms with Crippen molar-refractivity contribution >= 4 is 5.84 Å². The first-order valence-electron chi connectivity index (χ1n) is 20.9. The van der Waals surface area contributed by atoms with E-state index >= 15 is 0 Å². The molecular weight excluding hydrogens is 576 g/mol. The molecule has 0 bridgehead atoms.